The number of rotatable bonds is 5. The van der Waals surface area contributed by atoms with Crippen LogP contribution >= 0.6 is 22.6 Å². The maximum absolute atomic E-state index is 13.4. The van der Waals surface area contributed by atoms with Gasteiger partial charge in [0.2, 0.25) is 0 Å². The quantitative estimate of drug-likeness (QED) is 0.435. The molecule has 0 fully saturated rings. The third-order valence-electron chi connectivity index (χ3n) is 2.91. The van der Waals surface area contributed by atoms with Crippen molar-refractivity contribution < 1.29 is 9.13 Å². The Morgan fingerprint density at radius 3 is 2.84 bits per heavy atom. The van der Waals surface area contributed by atoms with Gasteiger partial charge in [-0.1, -0.05) is 19.6 Å². The van der Waals surface area contributed by atoms with Crippen LogP contribution in [0.15, 0.2) is 18.5 Å². The van der Waals surface area contributed by atoms with Crippen molar-refractivity contribution in [2.45, 2.75) is 32.4 Å². The van der Waals surface area contributed by atoms with Gasteiger partial charge in [0.15, 0.2) is 5.82 Å². The van der Waals surface area contributed by atoms with Gasteiger partial charge in [0.05, 0.1) is 9.77 Å². The minimum Gasteiger partial charge on any atom is -0.361 e. The molecule has 0 saturated heterocycles. The number of hydrogen-bond donors (Lipinski definition) is 0. The van der Waals surface area contributed by atoms with E-state index in [-0.39, 0.29) is 5.82 Å². The summed E-state index contributed by atoms with van der Waals surface area (Å²) in [5.41, 5.74) is 0.777. The van der Waals surface area contributed by atoms with Gasteiger partial charge in [-0.2, -0.15) is 0 Å². The Morgan fingerprint density at radius 2 is 2.16 bits per heavy atom. The molecule has 0 unspecified atom stereocenters. The zero-order valence-electron chi connectivity index (χ0n) is 11.4. The first-order valence-electron chi connectivity index (χ1n) is 6.25. The lowest BCUT2D eigenvalue weighted by Gasteiger charge is -2.15. The van der Waals surface area contributed by atoms with Crippen LogP contribution in [0.2, 0.25) is 25.7 Å². The van der Waals surface area contributed by atoms with Crippen molar-refractivity contribution in [3.05, 3.63) is 27.8 Å². The number of nitrogens with zero attached hydrogens (tertiary/aromatic N) is 2. The van der Waals surface area contributed by atoms with E-state index in [4.69, 9.17) is 4.74 Å². The highest BCUT2D eigenvalue weighted by atomic mass is 127. The summed E-state index contributed by atoms with van der Waals surface area (Å²) < 4.78 is 21.6. The molecule has 2 aromatic heterocycles. The molecule has 0 radical (unpaired) electrons. The Balaban J connectivity index is 2.04. The average molecular weight is 392 g/mol. The van der Waals surface area contributed by atoms with E-state index in [2.05, 4.69) is 24.6 Å². The van der Waals surface area contributed by atoms with Crippen molar-refractivity contribution in [1.82, 2.24) is 9.55 Å². The molecular formula is C13H18FIN2OSi. The summed E-state index contributed by atoms with van der Waals surface area (Å²) in [6.07, 6.45) is 3.16. The van der Waals surface area contributed by atoms with E-state index in [0.717, 1.165) is 23.7 Å². The third-order valence-corrected chi connectivity index (χ3v) is 5.71. The second kappa shape index (κ2) is 5.88. The smallest absolute Gasteiger partial charge is 0.155 e. The number of ether oxygens (including phenoxy) is 1. The van der Waals surface area contributed by atoms with Crippen LogP contribution in [0.1, 0.15) is 0 Å². The molecule has 0 spiro atoms. The fourth-order valence-corrected chi connectivity index (χ4v) is 3.04. The van der Waals surface area contributed by atoms with Crippen molar-refractivity contribution in [3.8, 4) is 0 Å². The zero-order chi connectivity index (χ0) is 14.0. The highest BCUT2D eigenvalue weighted by Gasteiger charge is 2.13. The van der Waals surface area contributed by atoms with E-state index in [0.29, 0.717) is 10.3 Å². The van der Waals surface area contributed by atoms with E-state index in [1.807, 2.05) is 39.4 Å². The molecule has 6 heteroatoms. The number of pyridine rings is 1. The first-order valence-corrected chi connectivity index (χ1v) is 11.0. The molecular weight excluding hydrogens is 374 g/mol. The van der Waals surface area contributed by atoms with Crippen LogP contribution in [0.5, 0.6) is 0 Å². The molecule has 0 atom stereocenters. The summed E-state index contributed by atoms with van der Waals surface area (Å²) in [6, 6.07) is 3.03. The molecule has 0 aromatic carbocycles. The number of hydrogen-bond acceptors (Lipinski definition) is 2. The fraction of sp³-hybridized carbons (Fsp3) is 0.462. The molecule has 0 saturated carbocycles. The predicted molar refractivity (Wildman–Crippen MR) is 86.5 cm³/mol. The SMILES string of the molecule is C[Si](C)(C)CCOCn1ccc2c(I)c(F)cnc21. The van der Waals surface area contributed by atoms with Gasteiger partial charge >= 0.3 is 0 Å². The molecule has 0 bridgehead atoms. The lowest BCUT2D eigenvalue weighted by atomic mass is 10.3. The molecule has 2 aromatic rings. The maximum Gasteiger partial charge on any atom is 0.155 e. The van der Waals surface area contributed by atoms with Gasteiger partial charge in [-0.05, 0) is 34.7 Å². The Labute approximate surface area is 127 Å². The Hall–Kier alpha value is -0.473. The Kier molecular flexibility index (Phi) is 4.62. The number of halogens is 2. The third kappa shape index (κ3) is 3.76. The predicted octanol–water partition coefficient (Wildman–Crippen LogP) is 4.09. The van der Waals surface area contributed by atoms with E-state index in [9.17, 15) is 4.39 Å². The molecule has 19 heavy (non-hydrogen) atoms. The molecule has 2 rings (SSSR count). The van der Waals surface area contributed by atoms with Gasteiger partial charge in [-0.15, -0.1) is 0 Å². The molecule has 104 valence electrons. The highest BCUT2D eigenvalue weighted by Crippen LogP contribution is 2.22. The normalized spacial score (nSPS) is 12.3. The largest absolute Gasteiger partial charge is 0.361 e. The van der Waals surface area contributed by atoms with Crippen molar-refractivity contribution in [2.24, 2.45) is 0 Å². The van der Waals surface area contributed by atoms with Crippen LogP contribution < -0.4 is 0 Å². The number of aromatic nitrogens is 2. The molecule has 0 aliphatic carbocycles. The Morgan fingerprint density at radius 1 is 1.42 bits per heavy atom. The van der Waals surface area contributed by atoms with E-state index in [1.165, 1.54) is 6.20 Å². The summed E-state index contributed by atoms with van der Waals surface area (Å²) in [6.45, 7) is 8.23. The topological polar surface area (TPSA) is 27.1 Å². The van der Waals surface area contributed by atoms with E-state index >= 15 is 0 Å². The summed E-state index contributed by atoms with van der Waals surface area (Å²) >= 11 is 2.01. The van der Waals surface area contributed by atoms with Gasteiger partial charge in [-0.3, -0.25) is 0 Å². The minimum atomic E-state index is -1.05. The zero-order valence-corrected chi connectivity index (χ0v) is 14.6. The molecule has 0 aliphatic heterocycles. The van der Waals surface area contributed by atoms with Gasteiger partial charge in [0.25, 0.3) is 0 Å². The van der Waals surface area contributed by atoms with E-state index < -0.39 is 8.07 Å². The van der Waals surface area contributed by atoms with Gasteiger partial charge in [0, 0.05) is 26.3 Å². The van der Waals surface area contributed by atoms with Crippen LogP contribution in [0.4, 0.5) is 4.39 Å². The van der Waals surface area contributed by atoms with Gasteiger partial charge < -0.3 is 9.30 Å². The summed E-state index contributed by atoms with van der Waals surface area (Å²) in [5, 5.41) is 0.842. The molecule has 2 heterocycles. The molecule has 0 amide bonds. The van der Waals surface area contributed by atoms with Gasteiger partial charge in [0.1, 0.15) is 12.4 Å². The highest BCUT2D eigenvalue weighted by molar-refractivity contribution is 14.1. The number of fused-ring (bicyclic) bond motifs is 1. The monoisotopic (exact) mass is 392 g/mol. The molecule has 0 N–H and O–H groups in total. The molecule has 0 aliphatic rings. The summed E-state index contributed by atoms with van der Waals surface area (Å²) in [5.74, 6) is -0.273. The standard InChI is InChI=1S/C13H18FIN2OSi/c1-19(2,3)7-6-18-9-17-5-4-10-12(15)11(14)8-16-13(10)17/h4-5,8H,6-7,9H2,1-3H3. The summed E-state index contributed by atoms with van der Waals surface area (Å²) in [4.78, 5) is 4.14. The average Bonchev–Trinajstić information content (AvgIpc) is 2.72. The Bertz CT molecular complexity index is 580. The van der Waals surface area contributed by atoms with Crippen molar-refractivity contribution in [2.75, 3.05) is 6.61 Å². The second-order valence-electron chi connectivity index (χ2n) is 5.79. The van der Waals surface area contributed by atoms with Crippen LogP contribution in [-0.2, 0) is 11.5 Å². The van der Waals surface area contributed by atoms with Crippen LogP contribution in [0, 0.1) is 9.39 Å². The van der Waals surface area contributed by atoms with Crippen molar-refractivity contribution >= 4 is 41.7 Å². The fourth-order valence-electron chi connectivity index (χ4n) is 1.73. The van der Waals surface area contributed by atoms with Crippen LogP contribution in [0.25, 0.3) is 11.0 Å². The van der Waals surface area contributed by atoms with Crippen LogP contribution in [0.3, 0.4) is 0 Å². The van der Waals surface area contributed by atoms with Crippen molar-refractivity contribution in [3.63, 3.8) is 0 Å². The lowest BCUT2D eigenvalue weighted by Crippen LogP contribution is -2.22. The second-order valence-corrected chi connectivity index (χ2v) is 12.5. The summed E-state index contributed by atoms with van der Waals surface area (Å²) in [7, 11) is -1.05. The van der Waals surface area contributed by atoms with E-state index in [1.54, 1.807) is 0 Å². The molecule has 3 nitrogen and oxygen atoms in total. The van der Waals surface area contributed by atoms with Crippen molar-refractivity contribution in [1.29, 1.82) is 0 Å². The first-order chi connectivity index (χ1) is 8.88. The van der Waals surface area contributed by atoms with Crippen LogP contribution in [-0.4, -0.2) is 24.2 Å². The maximum atomic E-state index is 13.4. The van der Waals surface area contributed by atoms with Gasteiger partial charge in [-0.25, -0.2) is 9.37 Å². The first kappa shape index (κ1) is 14.9. The minimum absolute atomic E-state index is 0.273. The lowest BCUT2D eigenvalue weighted by molar-refractivity contribution is 0.0899.